The summed E-state index contributed by atoms with van der Waals surface area (Å²) in [5.41, 5.74) is 11.0. The van der Waals surface area contributed by atoms with Gasteiger partial charge in [-0.2, -0.15) is 0 Å². The predicted octanol–water partition coefficient (Wildman–Crippen LogP) is 26.2. The van der Waals surface area contributed by atoms with Crippen LogP contribution in [0, 0.1) is 32.6 Å². The zero-order valence-electron chi connectivity index (χ0n) is 54.3. The van der Waals surface area contributed by atoms with Crippen molar-refractivity contribution in [2.45, 2.75) is 268 Å². The molecule has 5 aromatic rings. The number of rotatable bonds is 16. The number of aryl methyl sites for hydroxylation is 4. The molecule has 0 amide bonds. The van der Waals surface area contributed by atoms with Gasteiger partial charge in [0, 0.05) is 5.92 Å². The van der Waals surface area contributed by atoms with E-state index >= 15 is 0 Å². The van der Waals surface area contributed by atoms with Gasteiger partial charge in [-0.15, -0.1) is 13.2 Å². The van der Waals surface area contributed by atoms with Crippen LogP contribution in [0.5, 0.6) is 0 Å². The van der Waals surface area contributed by atoms with E-state index in [0.717, 1.165) is 18.3 Å². The molecule has 0 aliphatic heterocycles. The molecule has 426 valence electrons. The molecular weight excluding hydrogens is 889 g/mol. The van der Waals surface area contributed by atoms with E-state index in [0.29, 0.717) is 11.8 Å². The minimum absolute atomic E-state index is 0.304. The highest BCUT2D eigenvalue weighted by atomic mass is 14.2. The van der Waals surface area contributed by atoms with E-state index in [1.54, 1.807) is 0 Å². The molecule has 0 bridgehead atoms. The van der Waals surface area contributed by atoms with E-state index in [1.165, 1.54) is 128 Å². The SMILES string of the molecule is C=C.CC.CC.CC.CC.CC(C)C.CCCC.CCCCC(C)CCC.CCCCCCCC.CCc1ccccc1C.Cc1ccc(C(c2ccccc2)c2ccccc2)cc1.Cc1cccc(C(C)C)c1. The quantitative estimate of drug-likeness (QED) is 0.0525. The Morgan fingerprint density at radius 3 is 1.04 bits per heavy atom. The monoisotopic (exact) mass is 1020 g/mol. The molecule has 0 aliphatic rings. The van der Waals surface area contributed by atoms with Crippen LogP contribution in [-0.2, 0) is 6.42 Å². The fourth-order valence-corrected chi connectivity index (χ4v) is 6.71. The van der Waals surface area contributed by atoms with Gasteiger partial charge in [0.1, 0.15) is 0 Å². The van der Waals surface area contributed by atoms with Crippen LogP contribution in [0.15, 0.2) is 147 Å². The largest absolute Gasteiger partial charge is 0.106 e. The van der Waals surface area contributed by atoms with Crippen LogP contribution in [-0.4, -0.2) is 0 Å². The minimum atomic E-state index is 0.304. The van der Waals surface area contributed by atoms with Crippen molar-refractivity contribution in [1.82, 2.24) is 0 Å². The predicted molar refractivity (Wildman–Crippen MR) is 351 cm³/mol. The summed E-state index contributed by atoms with van der Waals surface area (Å²) in [7, 11) is 0. The van der Waals surface area contributed by atoms with Gasteiger partial charge in [-0.05, 0) is 78.3 Å². The standard InChI is InChI=1S/C20H18.C10H14.C9H12.C9H20.C8H18.2C4H10.4C2H6.C2H4/c1-16-12-14-19(15-13-16)20(17-8-4-2-5-9-17)18-10-6-3-7-11-18;1-8(2)10-6-4-5-9(3)7-10;1-3-9-7-5-4-6-8(9)2;1-4-6-8-9(3)7-5-2;1-3-5-7-8-6-4-2;1-4(2)3;1-3-4-2;5*1-2/h2-15,20H,1H3;4-8H,1-3H3;4-7H,3H2,1-2H3;9H,4-8H2,1-3H3;3-8H2,1-2H3;4H,1-3H3;3-4H2,1-2H3;4*1-2H3;1-2H2. The molecule has 0 saturated carbocycles. The van der Waals surface area contributed by atoms with Gasteiger partial charge in [-0.25, -0.2) is 0 Å². The highest BCUT2D eigenvalue weighted by Crippen LogP contribution is 2.31. The van der Waals surface area contributed by atoms with Crippen molar-refractivity contribution in [3.63, 3.8) is 0 Å². The Hall–Kier alpha value is -4.16. The van der Waals surface area contributed by atoms with Crippen molar-refractivity contribution in [2.75, 3.05) is 0 Å². The average molecular weight is 1020 g/mol. The summed E-state index contributed by atoms with van der Waals surface area (Å²) < 4.78 is 0. The molecule has 0 spiro atoms. The third-order valence-electron chi connectivity index (χ3n) is 10.8. The molecule has 0 N–H and O–H groups in total. The van der Waals surface area contributed by atoms with E-state index < -0.39 is 0 Å². The summed E-state index contributed by atoms with van der Waals surface area (Å²) in [4.78, 5) is 0. The molecule has 0 aromatic heterocycles. The lowest BCUT2D eigenvalue weighted by atomic mass is 9.85. The molecule has 0 radical (unpaired) electrons. The van der Waals surface area contributed by atoms with E-state index in [9.17, 15) is 0 Å². The lowest BCUT2D eigenvalue weighted by molar-refractivity contribution is 0.466. The van der Waals surface area contributed by atoms with Crippen LogP contribution in [0.3, 0.4) is 0 Å². The second kappa shape index (κ2) is 68.8. The van der Waals surface area contributed by atoms with Gasteiger partial charge < -0.3 is 0 Å². The first-order valence-electron chi connectivity index (χ1n) is 30.5. The highest BCUT2D eigenvalue weighted by molar-refractivity contribution is 5.43. The fraction of sp³-hybridized carbons (Fsp3) is 0.568. The topological polar surface area (TPSA) is 0 Å². The van der Waals surface area contributed by atoms with Crippen LogP contribution >= 0.6 is 0 Å². The summed E-state index contributed by atoms with van der Waals surface area (Å²) in [5.74, 6) is 2.76. The summed E-state index contributed by atoms with van der Waals surface area (Å²) >= 11 is 0. The molecule has 0 aliphatic carbocycles. The molecule has 5 aromatic carbocycles. The fourth-order valence-electron chi connectivity index (χ4n) is 6.71. The third-order valence-corrected chi connectivity index (χ3v) is 10.8. The average Bonchev–Trinajstić information content (AvgIpc) is 3.44. The van der Waals surface area contributed by atoms with Gasteiger partial charge in [-0.3, -0.25) is 0 Å². The summed E-state index contributed by atoms with van der Waals surface area (Å²) in [5, 5.41) is 0. The summed E-state index contributed by atoms with van der Waals surface area (Å²) in [6, 6.07) is 47.4. The Bertz CT molecular complexity index is 1640. The molecule has 0 fully saturated rings. The van der Waals surface area contributed by atoms with Crippen LogP contribution in [0.2, 0.25) is 0 Å². The van der Waals surface area contributed by atoms with Crippen molar-refractivity contribution in [2.24, 2.45) is 11.8 Å². The van der Waals surface area contributed by atoms with Gasteiger partial charge in [0.2, 0.25) is 0 Å². The van der Waals surface area contributed by atoms with Crippen molar-refractivity contribution >= 4 is 0 Å². The van der Waals surface area contributed by atoms with E-state index in [2.05, 4.69) is 257 Å². The van der Waals surface area contributed by atoms with Crippen LogP contribution in [0.1, 0.15) is 285 Å². The molecule has 0 heteroatoms. The molecule has 1 atom stereocenters. The Balaban J connectivity index is -0.000000146. The van der Waals surface area contributed by atoms with Gasteiger partial charge in [0.15, 0.2) is 0 Å². The number of hydrogen-bond donors (Lipinski definition) is 0. The van der Waals surface area contributed by atoms with Gasteiger partial charge in [-0.1, -0.05) is 373 Å². The van der Waals surface area contributed by atoms with Crippen molar-refractivity contribution < 1.29 is 0 Å². The van der Waals surface area contributed by atoms with Crippen LogP contribution in [0.25, 0.3) is 0 Å². The Labute approximate surface area is 468 Å². The summed E-state index contributed by atoms with van der Waals surface area (Å²) in [6.45, 7) is 57.3. The lowest BCUT2D eigenvalue weighted by Crippen LogP contribution is -2.03. The maximum atomic E-state index is 3.00. The van der Waals surface area contributed by atoms with Gasteiger partial charge in [0.25, 0.3) is 0 Å². The van der Waals surface area contributed by atoms with E-state index in [1.807, 2.05) is 55.4 Å². The molecule has 0 heterocycles. The van der Waals surface area contributed by atoms with Crippen molar-refractivity contribution in [3.8, 4) is 0 Å². The second-order valence-corrected chi connectivity index (χ2v) is 18.7. The molecular formula is C74H130. The Morgan fingerprint density at radius 2 is 0.730 bits per heavy atom. The van der Waals surface area contributed by atoms with E-state index in [-0.39, 0.29) is 0 Å². The zero-order chi connectivity index (χ0) is 58.4. The Kier molecular flexibility index (Phi) is 78.0. The lowest BCUT2D eigenvalue weighted by Gasteiger charge is -2.19. The van der Waals surface area contributed by atoms with Gasteiger partial charge in [0.05, 0.1) is 0 Å². The maximum absolute atomic E-state index is 3.00. The first kappa shape index (κ1) is 83.8. The van der Waals surface area contributed by atoms with Crippen molar-refractivity contribution in [1.29, 1.82) is 0 Å². The number of benzene rings is 5. The normalized spacial score (nSPS) is 9.45. The van der Waals surface area contributed by atoms with E-state index in [4.69, 9.17) is 0 Å². The molecule has 74 heavy (non-hydrogen) atoms. The van der Waals surface area contributed by atoms with Crippen molar-refractivity contribution in [3.05, 3.63) is 191 Å². The molecule has 0 nitrogen and oxygen atoms in total. The number of hydrogen-bond acceptors (Lipinski definition) is 0. The maximum Gasteiger partial charge on any atom is 0.0339 e. The third kappa shape index (κ3) is 55.6. The minimum Gasteiger partial charge on any atom is -0.106 e. The molecule has 1 unspecified atom stereocenters. The second-order valence-electron chi connectivity index (χ2n) is 18.7. The Morgan fingerprint density at radius 1 is 0.351 bits per heavy atom. The molecule has 0 saturated heterocycles. The summed E-state index contributed by atoms with van der Waals surface area (Å²) in [6.07, 6.45) is 19.2. The smallest absolute Gasteiger partial charge is 0.0339 e. The van der Waals surface area contributed by atoms with Crippen LogP contribution in [0.4, 0.5) is 0 Å². The molecule has 5 rings (SSSR count). The first-order chi connectivity index (χ1) is 35.8. The van der Waals surface area contributed by atoms with Crippen LogP contribution < -0.4 is 0 Å². The first-order valence-corrected chi connectivity index (χ1v) is 30.5. The zero-order valence-corrected chi connectivity index (χ0v) is 54.3. The number of unbranched alkanes of at least 4 members (excludes halogenated alkanes) is 7. The van der Waals surface area contributed by atoms with Gasteiger partial charge >= 0.3 is 0 Å². The highest BCUT2D eigenvalue weighted by Gasteiger charge is 2.15.